The summed E-state index contributed by atoms with van der Waals surface area (Å²) < 4.78 is 6.10. The summed E-state index contributed by atoms with van der Waals surface area (Å²) in [5.41, 5.74) is -0.197. The summed E-state index contributed by atoms with van der Waals surface area (Å²) in [5.74, 6) is 1.61. The van der Waals surface area contributed by atoms with Crippen LogP contribution in [0, 0.1) is 17.8 Å². The monoisotopic (exact) mass is 389 g/mol. The van der Waals surface area contributed by atoms with Crippen molar-refractivity contribution in [1.29, 1.82) is 0 Å². The molecule has 2 bridgehead atoms. The van der Waals surface area contributed by atoms with Crippen LogP contribution < -0.4 is 0 Å². The summed E-state index contributed by atoms with van der Waals surface area (Å²) in [6.07, 6.45) is 9.22. The van der Waals surface area contributed by atoms with Crippen molar-refractivity contribution in [3.05, 3.63) is 12.2 Å². The van der Waals surface area contributed by atoms with Crippen molar-refractivity contribution in [2.24, 2.45) is 17.8 Å². The molecule has 0 aromatic rings. The van der Waals surface area contributed by atoms with E-state index in [9.17, 15) is 4.79 Å². The van der Waals surface area contributed by atoms with E-state index in [0.717, 1.165) is 32.4 Å². The van der Waals surface area contributed by atoms with Gasteiger partial charge in [-0.05, 0) is 58.7 Å². The summed E-state index contributed by atoms with van der Waals surface area (Å²) in [6, 6.07) is 0. The van der Waals surface area contributed by atoms with E-state index in [0.29, 0.717) is 17.8 Å². The Balaban J connectivity index is 1.81. The Morgan fingerprint density at radius 1 is 1.40 bits per heavy atom. The maximum atomic E-state index is 12.2. The van der Waals surface area contributed by atoms with Crippen LogP contribution in [0.1, 0.15) is 32.6 Å². The molecule has 0 radical (unpaired) electrons. The highest BCUT2D eigenvalue weighted by molar-refractivity contribution is 14.1. The Bertz CT molecular complexity index is 415. The van der Waals surface area contributed by atoms with Crippen molar-refractivity contribution in [2.75, 3.05) is 20.1 Å². The number of nitrogens with zero attached hydrogens (tertiary/aromatic N) is 1. The smallest absolute Gasteiger partial charge is 0.319 e. The van der Waals surface area contributed by atoms with Crippen molar-refractivity contribution >= 4 is 28.6 Å². The number of fused-ring (bicyclic) bond motifs is 2. The van der Waals surface area contributed by atoms with E-state index < -0.39 is 0 Å². The van der Waals surface area contributed by atoms with Gasteiger partial charge in [0.15, 0.2) is 0 Å². The molecule has 1 saturated heterocycles. The normalized spacial score (nSPS) is 39.1. The SMILES string of the molecule is CC(I)C(=O)OC1(C2CCN(C)CC2)CC2C=CC1C2. The average Bonchev–Trinajstić information content (AvgIpc) is 3.00. The number of alkyl halides is 1. The molecule has 2 aliphatic carbocycles. The summed E-state index contributed by atoms with van der Waals surface area (Å²) in [4.78, 5) is 14.6. The van der Waals surface area contributed by atoms with Crippen molar-refractivity contribution in [1.82, 2.24) is 4.90 Å². The number of hydrogen-bond donors (Lipinski definition) is 0. The molecule has 0 amide bonds. The third-order valence-corrected chi connectivity index (χ3v) is 5.91. The van der Waals surface area contributed by atoms with Crippen LogP contribution in [0.3, 0.4) is 0 Å². The number of carbonyl (C=O) groups excluding carboxylic acids is 1. The first kappa shape index (κ1) is 14.8. The number of allylic oxidation sites excluding steroid dienone is 1. The molecule has 20 heavy (non-hydrogen) atoms. The molecule has 4 atom stereocenters. The summed E-state index contributed by atoms with van der Waals surface area (Å²) in [7, 11) is 2.18. The molecule has 112 valence electrons. The summed E-state index contributed by atoms with van der Waals surface area (Å²) >= 11 is 2.17. The number of hydrogen-bond acceptors (Lipinski definition) is 3. The first-order valence-electron chi connectivity index (χ1n) is 7.75. The van der Waals surface area contributed by atoms with Crippen LogP contribution in [0.4, 0.5) is 0 Å². The molecule has 3 aliphatic rings. The lowest BCUT2D eigenvalue weighted by Gasteiger charge is -2.45. The van der Waals surface area contributed by atoms with Crippen LogP contribution in [0.2, 0.25) is 0 Å². The first-order chi connectivity index (χ1) is 9.51. The molecule has 0 aromatic heterocycles. The number of esters is 1. The fraction of sp³-hybridized carbons (Fsp3) is 0.812. The predicted molar refractivity (Wildman–Crippen MR) is 87.9 cm³/mol. The first-order valence-corrected chi connectivity index (χ1v) is 8.99. The topological polar surface area (TPSA) is 29.5 Å². The largest absolute Gasteiger partial charge is 0.457 e. The lowest BCUT2D eigenvalue weighted by molar-refractivity contribution is -0.171. The quantitative estimate of drug-likeness (QED) is 0.322. The van der Waals surface area contributed by atoms with Gasteiger partial charge in [0.2, 0.25) is 0 Å². The van der Waals surface area contributed by atoms with E-state index >= 15 is 0 Å². The van der Waals surface area contributed by atoms with Gasteiger partial charge in [-0.3, -0.25) is 4.79 Å². The minimum absolute atomic E-state index is 0.0227. The molecular weight excluding hydrogens is 365 g/mol. The fourth-order valence-corrected chi connectivity index (χ4v) is 4.41. The maximum absolute atomic E-state index is 12.2. The Morgan fingerprint density at radius 2 is 2.10 bits per heavy atom. The van der Waals surface area contributed by atoms with Crippen molar-refractivity contribution in [2.45, 2.75) is 42.1 Å². The van der Waals surface area contributed by atoms with Gasteiger partial charge in [-0.15, -0.1) is 0 Å². The van der Waals surface area contributed by atoms with Gasteiger partial charge in [-0.2, -0.15) is 0 Å². The Labute approximate surface area is 135 Å². The van der Waals surface area contributed by atoms with Gasteiger partial charge in [0, 0.05) is 11.8 Å². The number of carbonyl (C=O) groups is 1. The van der Waals surface area contributed by atoms with E-state index in [1.54, 1.807) is 0 Å². The van der Waals surface area contributed by atoms with E-state index in [1.165, 1.54) is 6.42 Å². The molecular formula is C16H24INO2. The van der Waals surface area contributed by atoms with E-state index in [4.69, 9.17) is 4.74 Å². The highest BCUT2D eigenvalue weighted by Crippen LogP contribution is 2.54. The third kappa shape index (κ3) is 2.54. The molecule has 1 heterocycles. The molecule has 1 aliphatic heterocycles. The zero-order valence-electron chi connectivity index (χ0n) is 12.3. The number of ether oxygens (including phenoxy) is 1. The van der Waals surface area contributed by atoms with E-state index in [1.807, 2.05) is 6.92 Å². The van der Waals surface area contributed by atoms with Gasteiger partial charge in [-0.25, -0.2) is 0 Å². The van der Waals surface area contributed by atoms with Crippen LogP contribution >= 0.6 is 22.6 Å². The Morgan fingerprint density at radius 3 is 2.60 bits per heavy atom. The number of rotatable bonds is 3. The van der Waals surface area contributed by atoms with Crippen molar-refractivity contribution in [3.63, 3.8) is 0 Å². The second-order valence-corrected chi connectivity index (χ2v) is 8.63. The van der Waals surface area contributed by atoms with Gasteiger partial charge >= 0.3 is 5.97 Å². The van der Waals surface area contributed by atoms with Crippen LogP contribution in [0.25, 0.3) is 0 Å². The molecule has 2 fully saturated rings. The molecule has 0 spiro atoms. The fourth-order valence-electron chi connectivity index (χ4n) is 4.29. The molecule has 4 unspecified atom stereocenters. The molecule has 1 saturated carbocycles. The third-order valence-electron chi connectivity index (χ3n) is 5.41. The molecule has 3 nitrogen and oxygen atoms in total. The van der Waals surface area contributed by atoms with E-state index in [2.05, 4.69) is 46.7 Å². The second-order valence-electron chi connectivity index (χ2n) is 6.76. The van der Waals surface area contributed by atoms with Gasteiger partial charge in [0.1, 0.15) is 9.53 Å². The number of piperidine rings is 1. The second kappa shape index (κ2) is 5.59. The highest BCUT2D eigenvalue weighted by Gasteiger charge is 2.56. The van der Waals surface area contributed by atoms with Crippen LogP contribution in [-0.2, 0) is 9.53 Å². The highest BCUT2D eigenvalue weighted by atomic mass is 127. The van der Waals surface area contributed by atoms with Crippen LogP contribution in [0.15, 0.2) is 12.2 Å². The van der Waals surface area contributed by atoms with Gasteiger partial charge in [0.05, 0.1) is 0 Å². The Hall–Kier alpha value is -0.100. The Kier molecular flexibility index (Phi) is 4.15. The standard InChI is InChI=1S/C16H24INO2/c1-11(17)15(19)20-16(10-12-3-4-14(16)9-12)13-5-7-18(2)8-6-13/h3-4,11-14H,5-10H2,1-2H3. The van der Waals surface area contributed by atoms with Gasteiger partial charge < -0.3 is 9.64 Å². The lowest BCUT2D eigenvalue weighted by atomic mass is 9.72. The number of likely N-dealkylation sites (tertiary alicyclic amines) is 1. The zero-order valence-corrected chi connectivity index (χ0v) is 14.5. The minimum atomic E-state index is -0.197. The van der Waals surface area contributed by atoms with Crippen molar-refractivity contribution in [3.8, 4) is 0 Å². The van der Waals surface area contributed by atoms with Gasteiger partial charge in [-0.1, -0.05) is 34.7 Å². The molecule has 3 rings (SSSR count). The average molecular weight is 389 g/mol. The van der Waals surface area contributed by atoms with Crippen LogP contribution in [0.5, 0.6) is 0 Å². The summed E-state index contributed by atoms with van der Waals surface area (Å²) in [6.45, 7) is 4.18. The van der Waals surface area contributed by atoms with Crippen LogP contribution in [-0.4, -0.2) is 40.5 Å². The molecule has 0 aromatic carbocycles. The van der Waals surface area contributed by atoms with Crippen molar-refractivity contribution < 1.29 is 9.53 Å². The molecule has 4 heteroatoms. The lowest BCUT2D eigenvalue weighted by Crippen LogP contribution is -2.50. The maximum Gasteiger partial charge on any atom is 0.319 e. The zero-order chi connectivity index (χ0) is 14.3. The van der Waals surface area contributed by atoms with E-state index in [-0.39, 0.29) is 15.5 Å². The van der Waals surface area contributed by atoms with Gasteiger partial charge in [0.25, 0.3) is 0 Å². The predicted octanol–water partition coefficient (Wildman–Crippen LogP) is 3.03. The molecule has 0 N–H and O–H groups in total. The minimum Gasteiger partial charge on any atom is -0.457 e. The summed E-state index contributed by atoms with van der Waals surface area (Å²) in [5, 5.41) is 0. The number of halogens is 1.